The summed E-state index contributed by atoms with van der Waals surface area (Å²) < 4.78 is 15.0. The number of aryl methyl sites for hydroxylation is 1. The van der Waals surface area contributed by atoms with Gasteiger partial charge in [0, 0.05) is 12.1 Å². The number of amides is 1. The molecule has 0 bridgehead atoms. The van der Waals surface area contributed by atoms with Crippen molar-refractivity contribution in [1.82, 2.24) is 20.1 Å². The van der Waals surface area contributed by atoms with E-state index in [1.54, 1.807) is 16.8 Å². The van der Waals surface area contributed by atoms with E-state index in [0.29, 0.717) is 17.9 Å². The summed E-state index contributed by atoms with van der Waals surface area (Å²) in [5.41, 5.74) is 3.68. The van der Waals surface area contributed by atoms with Gasteiger partial charge in [-0.05, 0) is 61.7 Å². The van der Waals surface area contributed by atoms with E-state index in [9.17, 15) is 9.18 Å². The van der Waals surface area contributed by atoms with Crippen LogP contribution in [0.15, 0.2) is 42.5 Å². The maximum Gasteiger partial charge on any atom is 0.290 e. The van der Waals surface area contributed by atoms with E-state index in [-0.39, 0.29) is 17.5 Å². The van der Waals surface area contributed by atoms with Crippen LogP contribution in [0.5, 0.6) is 0 Å². The number of hydrogen-bond acceptors (Lipinski definition) is 3. The van der Waals surface area contributed by atoms with Crippen molar-refractivity contribution < 1.29 is 9.18 Å². The van der Waals surface area contributed by atoms with Crippen molar-refractivity contribution in [3.05, 3.63) is 65.2 Å². The van der Waals surface area contributed by atoms with E-state index < -0.39 is 0 Å². The lowest BCUT2D eigenvalue weighted by molar-refractivity contribution is 0.0943. The monoisotopic (exact) mass is 352 g/mol. The Morgan fingerprint density at radius 1 is 1.15 bits per heavy atom. The Morgan fingerprint density at radius 2 is 1.88 bits per heavy atom. The molecule has 0 aliphatic heterocycles. The van der Waals surface area contributed by atoms with Crippen LogP contribution in [0.3, 0.4) is 0 Å². The molecule has 134 valence electrons. The number of nitrogens with zero attached hydrogens (tertiary/aromatic N) is 3. The Hall–Kier alpha value is -3.02. The smallest absolute Gasteiger partial charge is 0.290 e. The van der Waals surface area contributed by atoms with Crippen molar-refractivity contribution in [2.75, 3.05) is 6.54 Å². The van der Waals surface area contributed by atoms with Crippen molar-refractivity contribution in [3.8, 4) is 17.1 Å². The maximum atomic E-state index is 13.3. The largest absolute Gasteiger partial charge is 0.349 e. The van der Waals surface area contributed by atoms with Crippen LogP contribution in [-0.4, -0.2) is 27.2 Å². The zero-order valence-corrected chi connectivity index (χ0v) is 15.1. The minimum atomic E-state index is -0.326. The van der Waals surface area contributed by atoms with Gasteiger partial charge in [-0.2, -0.15) is 0 Å². The molecule has 26 heavy (non-hydrogen) atoms. The molecule has 1 aromatic heterocycles. The average molecular weight is 352 g/mol. The van der Waals surface area contributed by atoms with Gasteiger partial charge in [-0.15, -0.1) is 5.10 Å². The van der Waals surface area contributed by atoms with E-state index in [1.807, 2.05) is 39.0 Å². The summed E-state index contributed by atoms with van der Waals surface area (Å²) >= 11 is 0. The molecule has 0 radical (unpaired) electrons. The lowest BCUT2D eigenvalue weighted by Crippen LogP contribution is -2.25. The fourth-order valence-corrected chi connectivity index (χ4v) is 2.64. The first-order valence-electron chi connectivity index (χ1n) is 8.59. The highest BCUT2D eigenvalue weighted by atomic mass is 19.1. The van der Waals surface area contributed by atoms with E-state index in [1.165, 1.54) is 12.1 Å². The van der Waals surface area contributed by atoms with Crippen LogP contribution in [0.2, 0.25) is 0 Å². The molecule has 0 spiro atoms. The Balaban J connectivity index is 2.14. The summed E-state index contributed by atoms with van der Waals surface area (Å²) in [6, 6.07) is 11.9. The van der Waals surface area contributed by atoms with Gasteiger partial charge in [-0.25, -0.2) is 14.1 Å². The Morgan fingerprint density at radius 3 is 2.58 bits per heavy atom. The van der Waals surface area contributed by atoms with E-state index in [2.05, 4.69) is 15.4 Å². The lowest BCUT2D eigenvalue weighted by Gasteiger charge is -2.11. The van der Waals surface area contributed by atoms with E-state index >= 15 is 0 Å². The second-order valence-corrected chi connectivity index (χ2v) is 6.15. The molecule has 0 fully saturated rings. The van der Waals surface area contributed by atoms with Crippen LogP contribution in [0.4, 0.5) is 4.39 Å². The quantitative estimate of drug-likeness (QED) is 0.759. The summed E-state index contributed by atoms with van der Waals surface area (Å²) in [4.78, 5) is 16.8. The molecule has 0 aliphatic carbocycles. The Labute approximate surface area is 151 Å². The van der Waals surface area contributed by atoms with Crippen LogP contribution < -0.4 is 5.32 Å². The van der Waals surface area contributed by atoms with Gasteiger partial charge in [0.15, 0.2) is 5.82 Å². The number of carbonyl (C=O) groups is 1. The van der Waals surface area contributed by atoms with E-state index in [4.69, 9.17) is 0 Å². The third kappa shape index (κ3) is 3.49. The van der Waals surface area contributed by atoms with Crippen molar-refractivity contribution >= 4 is 5.91 Å². The number of halogens is 1. The molecule has 0 saturated carbocycles. The van der Waals surface area contributed by atoms with Crippen molar-refractivity contribution in [3.63, 3.8) is 0 Å². The zero-order chi connectivity index (χ0) is 18.7. The third-order valence-electron chi connectivity index (χ3n) is 4.25. The fourth-order valence-electron chi connectivity index (χ4n) is 2.64. The predicted molar refractivity (Wildman–Crippen MR) is 98.9 cm³/mol. The molecule has 2 aromatic carbocycles. The Bertz CT molecular complexity index is 931. The molecule has 1 N–H and O–H groups in total. The molecule has 0 atom stereocenters. The number of carbonyl (C=O) groups excluding carboxylic acids is 1. The summed E-state index contributed by atoms with van der Waals surface area (Å²) in [6.45, 7) is 6.55. The maximum absolute atomic E-state index is 13.3. The number of hydrogen-bond donors (Lipinski definition) is 1. The van der Waals surface area contributed by atoms with Crippen LogP contribution in [0, 0.1) is 19.7 Å². The molecular weight excluding hydrogens is 331 g/mol. The summed E-state index contributed by atoms with van der Waals surface area (Å²) in [5, 5.41) is 7.22. The van der Waals surface area contributed by atoms with Gasteiger partial charge >= 0.3 is 0 Å². The minimum absolute atomic E-state index is 0.0960. The van der Waals surface area contributed by atoms with Crippen LogP contribution >= 0.6 is 0 Å². The van der Waals surface area contributed by atoms with Gasteiger partial charge in [-0.1, -0.05) is 19.1 Å². The minimum Gasteiger partial charge on any atom is -0.349 e. The second kappa shape index (κ2) is 7.47. The van der Waals surface area contributed by atoms with Gasteiger partial charge in [0.05, 0.1) is 5.69 Å². The first kappa shape index (κ1) is 17.8. The average Bonchev–Trinajstić information content (AvgIpc) is 3.08. The fraction of sp³-hybridized carbons (Fsp3) is 0.250. The van der Waals surface area contributed by atoms with Crippen molar-refractivity contribution in [2.45, 2.75) is 27.2 Å². The summed E-state index contributed by atoms with van der Waals surface area (Å²) in [7, 11) is 0. The highest BCUT2D eigenvalue weighted by molar-refractivity contribution is 5.91. The highest BCUT2D eigenvalue weighted by Crippen LogP contribution is 2.24. The summed E-state index contributed by atoms with van der Waals surface area (Å²) in [6.07, 6.45) is 0.828. The normalized spacial score (nSPS) is 10.8. The standard InChI is InChI=1S/C20H21FN4O/c1-4-12-22-20(26)18-23-19(15-8-10-16(21)11-9-15)25(24-18)17-7-5-6-13(2)14(17)3/h5-11H,4,12H2,1-3H3,(H,22,26). The SMILES string of the molecule is CCCNC(=O)c1nc(-c2ccc(F)cc2)n(-c2cccc(C)c2C)n1. The molecule has 0 saturated heterocycles. The molecule has 3 rings (SSSR count). The zero-order valence-electron chi connectivity index (χ0n) is 15.1. The topological polar surface area (TPSA) is 59.8 Å². The van der Waals surface area contributed by atoms with Crippen LogP contribution in [0.25, 0.3) is 17.1 Å². The number of aromatic nitrogens is 3. The van der Waals surface area contributed by atoms with Gasteiger partial charge in [-0.3, -0.25) is 4.79 Å². The Kier molecular flexibility index (Phi) is 5.11. The molecular formula is C20H21FN4O. The molecule has 1 amide bonds. The van der Waals surface area contributed by atoms with Crippen molar-refractivity contribution in [1.29, 1.82) is 0 Å². The van der Waals surface area contributed by atoms with E-state index in [0.717, 1.165) is 23.2 Å². The molecule has 3 aromatic rings. The van der Waals surface area contributed by atoms with Crippen LogP contribution in [0.1, 0.15) is 35.1 Å². The first-order chi connectivity index (χ1) is 12.5. The second-order valence-electron chi connectivity index (χ2n) is 6.15. The number of benzene rings is 2. The third-order valence-corrected chi connectivity index (χ3v) is 4.25. The molecule has 0 unspecified atom stereocenters. The predicted octanol–water partition coefficient (Wildman–Crippen LogP) is 3.83. The molecule has 1 heterocycles. The highest BCUT2D eigenvalue weighted by Gasteiger charge is 2.19. The number of rotatable bonds is 5. The molecule has 0 aliphatic rings. The van der Waals surface area contributed by atoms with Gasteiger partial charge in [0.1, 0.15) is 5.82 Å². The van der Waals surface area contributed by atoms with Crippen molar-refractivity contribution in [2.24, 2.45) is 0 Å². The number of nitrogens with one attached hydrogen (secondary N) is 1. The van der Waals surface area contributed by atoms with Gasteiger partial charge in [0.2, 0.25) is 5.82 Å². The molecule has 5 nitrogen and oxygen atoms in total. The molecule has 6 heteroatoms. The van der Waals surface area contributed by atoms with Gasteiger partial charge in [0.25, 0.3) is 5.91 Å². The van der Waals surface area contributed by atoms with Crippen LogP contribution in [-0.2, 0) is 0 Å². The summed E-state index contributed by atoms with van der Waals surface area (Å²) in [5.74, 6) is -0.0502. The van der Waals surface area contributed by atoms with Gasteiger partial charge < -0.3 is 5.32 Å². The lowest BCUT2D eigenvalue weighted by atomic mass is 10.1. The first-order valence-corrected chi connectivity index (χ1v) is 8.59.